The van der Waals surface area contributed by atoms with E-state index >= 15 is 0 Å². The van der Waals surface area contributed by atoms with Gasteiger partial charge in [0.25, 0.3) is 0 Å². The molecule has 0 bridgehead atoms. The van der Waals surface area contributed by atoms with E-state index in [1.165, 1.54) is 19.1 Å². The van der Waals surface area contributed by atoms with E-state index in [0.29, 0.717) is 16.8 Å². The Morgan fingerprint density at radius 1 is 1.30 bits per heavy atom. The number of nitrogens with two attached hydrogens (primary N) is 1. The number of nitrogens with zero attached hydrogens (tertiary/aromatic N) is 2. The average Bonchev–Trinajstić information content (AvgIpc) is 2.80. The van der Waals surface area contributed by atoms with Crippen LogP contribution in [0.3, 0.4) is 0 Å². The summed E-state index contributed by atoms with van der Waals surface area (Å²) in [6.45, 7) is 3.15. The molecule has 1 heterocycles. The highest BCUT2D eigenvalue weighted by Gasteiger charge is 2.32. The first kappa shape index (κ1) is 14.5. The van der Waals surface area contributed by atoms with Crippen molar-refractivity contribution in [3.05, 3.63) is 47.0 Å². The van der Waals surface area contributed by atoms with Crippen LogP contribution in [0.2, 0.25) is 0 Å². The molecule has 0 saturated heterocycles. The number of alkyl halides is 3. The normalized spacial score (nSPS) is 13.6. The highest BCUT2D eigenvalue weighted by molar-refractivity contribution is 5.45. The molecule has 0 unspecified atom stereocenters. The standard InChI is InChI=1S/C13H13F4N3/c1-7-3-12(10(8(2)18)4-11(7)14)20-6-9(5-19-20)13(15,16)17/h3-6,8H,18H2,1-2H3/t8-/m0/s1. The van der Waals surface area contributed by atoms with Crippen molar-refractivity contribution >= 4 is 0 Å². The van der Waals surface area contributed by atoms with Crippen molar-refractivity contribution in [2.45, 2.75) is 26.1 Å². The van der Waals surface area contributed by atoms with Gasteiger partial charge in [-0.15, -0.1) is 0 Å². The van der Waals surface area contributed by atoms with Gasteiger partial charge in [-0.2, -0.15) is 18.3 Å². The zero-order valence-electron chi connectivity index (χ0n) is 10.9. The predicted molar refractivity (Wildman–Crippen MR) is 65.9 cm³/mol. The molecule has 0 saturated carbocycles. The number of aryl methyl sites for hydroxylation is 1. The highest BCUT2D eigenvalue weighted by Crippen LogP contribution is 2.30. The average molecular weight is 287 g/mol. The van der Waals surface area contributed by atoms with Crippen LogP contribution in [-0.4, -0.2) is 9.78 Å². The molecule has 0 aliphatic carbocycles. The quantitative estimate of drug-likeness (QED) is 0.861. The lowest BCUT2D eigenvalue weighted by Crippen LogP contribution is -2.11. The molecule has 0 aliphatic rings. The Balaban J connectivity index is 2.57. The summed E-state index contributed by atoms with van der Waals surface area (Å²) in [5.41, 5.74) is 5.92. The van der Waals surface area contributed by atoms with Gasteiger partial charge in [-0.3, -0.25) is 0 Å². The molecule has 2 aromatic rings. The largest absolute Gasteiger partial charge is 0.419 e. The molecule has 0 aliphatic heterocycles. The molecule has 1 atom stereocenters. The molecule has 108 valence electrons. The summed E-state index contributed by atoms with van der Waals surface area (Å²) in [6, 6.07) is 2.13. The topological polar surface area (TPSA) is 43.8 Å². The first-order valence-corrected chi connectivity index (χ1v) is 5.88. The fourth-order valence-corrected chi connectivity index (χ4v) is 1.85. The van der Waals surface area contributed by atoms with Gasteiger partial charge in [0.05, 0.1) is 17.4 Å². The van der Waals surface area contributed by atoms with E-state index < -0.39 is 23.6 Å². The third-order valence-electron chi connectivity index (χ3n) is 2.96. The van der Waals surface area contributed by atoms with Crippen molar-refractivity contribution in [1.29, 1.82) is 0 Å². The van der Waals surface area contributed by atoms with Gasteiger partial charge in [-0.1, -0.05) is 0 Å². The SMILES string of the molecule is Cc1cc(-n2cc(C(F)(F)F)cn2)c([C@H](C)N)cc1F. The van der Waals surface area contributed by atoms with E-state index in [1.807, 2.05) is 0 Å². The van der Waals surface area contributed by atoms with Crippen molar-refractivity contribution in [2.75, 3.05) is 0 Å². The Kier molecular flexibility index (Phi) is 3.56. The van der Waals surface area contributed by atoms with Gasteiger partial charge in [-0.05, 0) is 37.1 Å². The molecule has 0 fully saturated rings. The van der Waals surface area contributed by atoms with Crippen LogP contribution >= 0.6 is 0 Å². The first-order valence-electron chi connectivity index (χ1n) is 5.88. The van der Waals surface area contributed by atoms with Gasteiger partial charge in [0, 0.05) is 12.2 Å². The smallest absolute Gasteiger partial charge is 0.324 e. The lowest BCUT2D eigenvalue weighted by atomic mass is 10.0. The predicted octanol–water partition coefficient (Wildman–Crippen LogP) is 3.36. The molecule has 20 heavy (non-hydrogen) atoms. The molecule has 0 spiro atoms. The second-order valence-electron chi connectivity index (χ2n) is 4.62. The van der Waals surface area contributed by atoms with E-state index in [1.54, 1.807) is 6.92 Å². The number of halogens is 4. The van der Waals surface area contributed by atoms with Crippen molar-refractivity contribution in [2.24, 2.45) is 5.73 Å². The lowest BCUT2D eigenvalue weighted by Gasteiger charge is -2.14. The number of hydrogen-bond acceptors (Lipinski definition) is 2. The van der Waals surface area contributed by atoms with Gasteiger partial charge in [0.15, 0.2) is 0 Å². The highest BCUT2D eigenvalue weighted by atomic mass is 19.4. The molecule has 7 heteroatoms. The maximum Gasteiger partial charge on any atom is 0.419 e. The van der Waals surface area contributed by atoms with Gasteiger partial charge in [0.2, 0.25) is 0 Å². The van der Waals surface area contributed by atoms with E-state index in [0.717, 1.165) is 17.1 Å². The molecule has 1 aromatic carbocycles. The minimum Gasteiger partial charge on any atom is -0.324 e. The summed E-state index contributed by atoms with van der Waals surface area (Å²) in [5.74, 6) is -0.454. The molecule has 2 rings (SSSR count). The fraction of sp³-hybridized carbons (Fsp3) is 0.308. The summed E-state index contributed by atoms with van der Waals surface area (Å²) < 4.78 is 52.4. The summed E-state index contributed by atoms with van der Waals surface area (Å²) in [6.07, 6.45) is -2.88. The Morgan fingerprint density at radius 2 is 1.95 bits per heavy atom. The Labute approximate surface area is 113 Å². The molecule has 3 nitrogen and oxygen atoms in total. The van der Waals surface area contributed by atoms with Crippen LogP contribution in [0, 0.1) is 12.7 Å². The van der Waals surface area contributed by atoms with Crippen LogP contribution < -0.4 is 5.73 Å². The summed E-state index contributed by atoms with van der Waals surface area (Å²) in [5, 5.41) is 3.69. The monoisotopic (exact) mass is 287 g/mol. The molecule has 2 N–H and O–H groups in total. The Morgan fingerprint density at radius 3 is 2.45 bits per heavy atom. The van der Waals surface area contributed by atoms with Crippen LogP contribution in [0.4, 0.5) is 17.6 Å². The third kappa shape index (κ3) is 2.67. The van der Waals surface area contributed by atoms with Crippen LogP contribution in [0.1, 0.15) is 29.7 Å². The molecule has 0 amide bonds. The van der Waals surface area contributed by atoms with Crippen molar-refractivity contribution in [1.82, 2.24) is 9.78 Å². The number of benzene rings is 1. The van der Waals surface area contributed by atoms with Crippen LogP contribution in [0.5, 0.6) is 0 Å². The lowest BCUT2D eigenvalue weighted by molar-refractivity contribution is -0.137. The van der Waals surface area contributed by atoms with Crippen molar-refractivity contribution in [3.8, 4) is 5.69 Å². The minimum absolute atomic E-state index is 0.313. The third-order valence-corrected chi connectivity index (χ3v) is 2.96. The molecule has 1 aromatic heterocycles. The van der Waals surface area contributed by atoms with Gasteiger partial charge >= 0.3 is 6.18 Å². The maximum atomic E-state index is 13.6. The number of aromatic nitrogens is 2. The zero-order chi connectivity index (χ0) is 15.1. The second-order valence-corrected chi connectivity index (χ2v) is 4.62. The molecular weight excluding hydrogens is 274 g/mol. The Bertz CT molecular complexity index is 629. The van der Waals surface area contributed by atoms with Crippen LogP contribution in [0.15, 0.2) is 24.5 Å². The summed E-state index contributed by atoms with van der Waals surface area (Å²) in [7, 11) is 0. The second kappa shape index (κ2) is 4.90. The maximum absolute atomic E-state index is 13.6. The summed E-state index contributed by atoms with van der Waals surface area (Å²) >= 11 is 0. The summed E-state index contributed by atoms with van der Waals surface area (Å²) in [4.78, 5) is 0. The van der Waals surface area contributed by atoms with Crippen LogP contribution in [-0.2, 0) is 6.18 Å². The van der Waals surface area contributed by atoms with Crippen molar-refractivity contribution < 1.29 is 17.6 Å². The Hall–Kier alpha value is -1.89. The van der Waals surface area contributed by atoms with E-state index in [9.17, 15) is 17.6 Å². The number of rotatable bonds is 2. The zero-order valence-corrected chi connectivity index (χ0v) is 10.9. The van der Waals surface area contributed by atoms with Crippen molar-refractivity contribution in [3.63, 3.8) is 0 Å². The van der Waals surface area contributed by atoms with E-state index in [2.05, 4.69) is 5.10 Å². The van der Waals surface area contributed by atoms with E-state index in [4.69, 9.17) is 5.73 Å². The number of hydrogen-bond donors (Lipinski definition) is 1. The van der Waals surface area contributed by atoms with E-state index in [-0.39, 0.29) is 0 Å². The van der Waals surface area contributed by atoms with Gasteiger partial charge < -0.3 is 5.73 Å². The van der Waals surface area contributed by atoms with Gasteiger partial charge in [-0.25, -0.2) is 9.07 Å². The first-order chi connectivity index (χ1) is 9.20. The molecule has 0 radical (unpaired) electrons. The van der Waals surface area contributed by atoms with Crippen LogP contribution in [0.25, 0.3) is 5.69 Å². The fourth-order valence-electron chi connectivity index (χ4n) is 1.85. The van der Waals surface area contributed by atoms with Gasteiger partial charge in [0.1, 0.15) is 5.82 Å². The molecular formula is C13H13F4N3. The minimum atomic E-state index is -4.47.